The zero-order chi connectivity index (χ0) is 11.6. The number of nitrogens with zero attached hydrogens (tertiary/aromatic N) is 2. The van der Waals surface area contributed by atoms with Crippen molar-refractivity contribution < 1.29 is 14.0 Å². The minimum atomic E-state index is -0.663. The molecule has 0 saturated heterocycles. The number of carbonyl (C=O) groups excluding carboxylic acids is 2. The van der Waals surface area contributed by atoms with Crippen LogP contribution in [0.2, 0.25) is 0 Å². The monoisotopic (exact) mass is 322 g/mol. The Morgan fingerprint density at radius 1 is 1.40 bits per heavy atom. The van der Waals surface area contributed by atoms with Gasteiger partial charge in [0.1, 0.15) is 0 Å². The van der Waals surface area contributed by atoms with Gasteiger partial charge in [-0.3, -0.25) is 9.59 Å². The highest BCUT2D eigenvalue weighted by molar-refractivity contribution is 14.1. The summed E-state index contributed by atoms with van der Waals surface area (Å²) in [6, 6.07) is 1.46. The lowest BCUT2D eigenvalue weighted by Gasteiger charge is -2.16. The van der Waals surface area contributed by atoms with Gasteiger partial charge in [-0.15, -0.1) is 0 Å². The zero-order valence-electron chi connectivity index (χ0n) is 8.12. The first-order valence-electron chi connectivity index (χ1n) is 4.06. The van der Waals surface area contributed by atoms with E-state index in [0.717, 1.165) is 0 Å². The van der Waals surface area contributed by atoms with E-state index in [-0.39, 0.29) is 5.82 Å². The first-order valence-corrected chi connectivity index (χ1v) is 5.14. The van der Waals surface area contributed by atoms with Crippen molar-refractivity contribution in [2.24, 2.45) is 0 Å². The molecule has 0 N–H and O–H groups in total. The van der Waals surface area contributed by atoms with E-state index in [9.17, 15) is 14.0 Å². The normalized spacial score (nSPS) is 9.87. The maximum atomic E-state index is 13.6. The molecule has 80 valence electrons. The Labute approximate surface area is 99.6 Å². The molecule has 4 nitrogen and oxygen atoms in total. The summed E-state index contributed by atoms with van der Waals surface area (Å²) in [6.45, 7) is 2.37. The molecule has 1 rings (SSSR count). The lowest BCUT2D eigenvalue weighted by atomic mass is 10.4. The van der Waals surface area contributed by atoms with E-state index in [0.29, 0.717) is 8.47 Å². The summed E-state index contributed by atoms with van der Waals surface area (Å²) in [5.41, 5.74) is 0. The maximum absolute atomic E-state index is 13.6. The maximum Gasteiger partial charge on any atom is 0.231 e. The number of pyridine rings is 1. The van der Waals surface area contributed by atoms with Gasteiger partial charge in [0.05, 0.1) is 3.57 Å². The predicted octanol–water partition coefficient (Wildman–Crippen LogP) is 1.72. The van der Waals surface area contributed by atoms with Crippen LogP contribution in [-0.2, 0) is 9.59 Å². The molecule has 0 unspecified atom stereocenters. The Balaban J connectivity index is 3.29. The predicted molar refractivity (Wildman–Crippen MR) is 60.8 cm³/mol. The number of aromatic nitrogens is 1. The Hall–Kier alpha value is -1.05. The Kier molecular flexibility index (Phi) is 3.72. The highest BCUT2D eigenvalue weighted by atomic mass is 127. The number of rotatable bonds is 1. The fourth-order valence-corrected chi connectivity index (χ4v) is 1.49. The van der Waals surface area contributed by atoms with Gasteiger partial charge in [-0.25, -0.2) is 14.3 Å². The van der Waals surface area contributed by atoms with E-state index < -0.39 is 17.6 Å². The molecule has 15 heavy (non-hydrogen) atoms. The van der Waals surface area contributed by atoms with Gasteiger partial charge >= 0.3 is 0 Å². The van der Waals surface area contributed by atoms with Gasteiger partial charge in [0.25, 0.3) is 0 Å². The molecule has 0 saturated carbocycles. The molecule has 1 aromatic rings. The smallest absolute Gasteiger partial charge is 0.231 e. The third-order valence-electron chi connectivity index (χ3n) is 1.67. The van der Waals surface area contributed by atoms with E-state index in [2.05, 4.69) is 4.98 Å². The molecule has 2 amide bonds. The Morgan fingerprint density at radius 2 is 1.93 bits per heavy atom. The second-order valence-corrected chi connectivity index (χ2v) is 3.97. The zero-order valence-corrected chi connectivity index (χ0v) is 10.3. The fourth-order valence-electron chi connectivity index (χ4n) is 1.09. The molecule has 0 aliphatic carbocycles. The number of hydrogen-bond acceptors (Lipinski definition) is 3. The molecule has 0 aromatic carbocycles. The lowest BCUT2D eigenvalue weighted by Crippen LogP contribution is -2.34. The average molecular weight is 322 g/mol. The van der Waals surface area contributed by atoms with Gasteiger partial charge < -0.3 is 0 Å². The van der Waals surface area contributed by atoms with Gasteiger partial charge in [0.2, 0.25) is 11.8 Å². The second-order valence-electron chi connectivity index (χ2n) is 2.80. The van der Waals surface area contributed by atoms with Crippen LogP contribution in [0.3, 0.4) is 0 Å². The number of imide groups is 1. The molecule has 0 spiro atoms. The van der Waals surface area contributed by atoms with Crippen LogP contribution >= 0.6 is 22.6 Å². The summed E-state index contributed by atoms with van der Waals surface area (Å²) in [5.74, 6) is -2.03. The molecule has 0 aliphatic heterocycles. The fraction of sp³-hybridized carbons (Fsp3) is 0.222. The van der Waals surface area contributed by atoms with Gasteiger partial charge in [-0.05, 0) is 28.7 Å². The minimum Gasteiger partial charge on any atom is -0.274 e. The third-order valence-corrected chi connectivity index (χ3v) is 2.50. The van der Waals surface area contributed by atoms with Crippen molar-refractivity contribution >= 4 is 40.2 Å². The molecule has 0 fully saturated rings. The van der Waals surface area contributed by atoms with Gasteiger partial charge in [-0.2, -0.15) is 0 Å². The van der Waals surface area contributed by atoms with E-state index >= 15 is 0 Å². The van der Waals surface area contributed by atoms with Gasteiger partial charge in [0.15, 0.2) is 11.6 Å². The number of anilines is 1. The van der Waals surface area contributed by atoms with Gasteiger partial charge in [0, 0.05) is 20.0 Å². The van der Waals surface area contributed by atoms with E-state index in [1.54, 1.807) is 22.6 Å². The highest BCUT2D eigenvalue weighted by Crippen LogP contribution is 2.20. The summed E-state index contributed by atoms with van der Waals surface area (Å²) >= 11 is 1.77. The number of halogens is 2. The molecule has 1 aromatic heterocycles. The van der Waals surface area contributed by atoms with Crippen LogP contribution in [0.15, 0.2) is 12.3 Å². The molecule has 6 heteroatoms. The highest BCUT2D eigenvalue weighted by Gasteiger charge is 2.22. The van der Waals surface area contributed by atoms with Crippen LogP contribution in [0.5, 0.6) is 0 Å². The van der Waals surface area contributed by atoms with E-state index in [4.69, 9.17) is 0 Å². The molecular formula is C9H8FIN2O2. The van der Waals surface area contributed by atoms with Crippen molar-refractivity contribution in [1.29, 1.82) is 0 Å². The number of amides is 2. The van der Waals surface area contributed by atoms with Crippen molar-refractivity contribution in [2.45, 2.75) is 13.8 Å². The van der Waals surface area contributed by atoms with Crippen LogP contribution in [0.25, 0.3) is 0 Å². The van der Waals surface area contributed by atoms with Crippen molar-refractivity contribution in [3.63, 3.8) is 0 Å². The van der Waals surface area contributed by atoms with Crippen LogP contribution < -0.4 is 4.90 Å². The molecule has 0 atom stereocenters. The van der Waals surface area contributed by atoms with Crippen LogP contribution in [0.4, 0.5) is 10.2 Å². The molecule has 0 aliphatic rings. The number of carbonyl (C=O) groups is 2. The summed E-state index contributed by atoms with van der Waals surface area (Å²) < 4.78 is 13.9. The summed E-state index contributed by atoms with van der Waals surface area (Å²) in [4.78, 5) is 26.7. The SMILES string of the molecule is CC(=O)N(C(C)=O)c1nccc(I)c1F. The molecule has 1 heterocycles. The first kappa shape index (κ1) is 12.0. The lowest BCUT2D eigenvalue weighted by molar-refractivity contribution is -0.124. The van der Waals surface area contributed by atoms with Gasteiger partial charge in [-0.1, -0.05) is 0 Å². The van der Waals surface area contributed by atoms with Crippen LogP contribution in [0, 0.1) is 9.39 Å². The Bertz CT molecular complexity index is 409. The van der Waals surface area contributed by atoms with E-state index in [1.165, 1.54) is 26.1 Å². The summed E-state index contributed by atoms with van der Waals surface area (Å²) in [5, 5.41) is 0. The van der Waals surface area contributed by atoms with Crippen LogP contribution in [-0.4, -0.2) is 16.8 Å². The van der Waals surface area contributed by atoms with Crippen LogP contribution in [0.1, 0.15) is 13.8 Å². The average Bonchev–Trinajstić information content (AvgIpc) is 2.11. The molecule has 0 bridgehead atoms. The molecule has 0 radical (unpaired) electrons. The Morgan fingerprint density at radius 3 is 2.40 bits per heavy atom. The summed E-state index contributed by atoms with van der Waals surface area (Å²) in [6.07, 6.45) is 1.35. The summed E-state index contributed by atoms with van der Waals surface area (Å²) in [7, 11) is 0. The largest absolute Gasteiger partial charge is 0.274 e. The molecular weight excluding hydrogens is 314 g/mol. The number of hydrogen-bond donors (Lipinski definition) is 0. The topological polar surface area (TPSA) is 50.3 Å². The quantitative estimate of drug-likeness (QED) is 0.740. The second kappa shape index (κ2) is 4.65. The first-order chi connectivity index (χ1) is 6.95. The third kappa shape index (κ3) is 2.49. The van der Waals surface area contributed by atoms with Crippen molar-refractivity contribution in [2.75, 3.05) is 4.90 Å². The van der Waals surface area contributed by atoms with E-state index in [1.807, 2.05) is 0 Å². The minimum absolute atomic E-state index is 0.248. The van der Waals surface area contributed by atoms with Crippen molar-refractivity contribution in [3.8, 4) is 0 Å². The van der Waals surface area contributed by atoms with Crippen molar-refractivity contribution in [1.82, 2.24) is 4.98 Å². The standard InChI is InChI=1S/C9H8FIN2O2/c1-5(14)13(6(2)15)9-8(10)7(11)3-4-12-9/h3-4H,1-2H3. The van der Waals surface area contributed by atoms with Crippen molar-refractivity contribution in [3.05, 3.63) is 21.7 Å².